The molecule has 3 aromatic rings. The average molecular weight is 444 g/mol. The lowest BCUT2D eigenvalue weighted by atomic mass is 9.96. The minimum Gasteiger partial charge on any atom is -0.356 e. The van der Waals surface area contributed by atoms with E-state index >= 15 is 0 Å². The number of benzene rings is 1. The van der Waals surface area contributed by atoms with Crippen LogP contribution in [0.4, 0.5) is 0 Å². The Morgan fingerprint density at radius 2 is 1.83 bits per heavy atom. The normalized spacial score (nSPS) is 17.0. The van der Waals surface area contributed by atoms with Crippen LogP contribution in [0.5, 0.6) is 0 Å². The molecule has 1 fully saturated rings. The second-order valence-electron chi connectivity index (χ2n) is 7.56. The molecule has 1 atom stereocenters. The standard InChI is InChI=1S/C22H25N3O3S2/c1-24-12-11-19(16-24)30(27,28)25-13-9-18(10-14-25)22(26)23-21(20-8-5-15-29-20)17-6-3-2-4-7-17/h2-8,11-12,15-16,18,21H,9-10,13-14H2,1H3,(H,23,26)/t21-/m0/s1. The fraction of sp³-hybridized carbons (Fsp3) is 0.318. The highest BCUT2D eigenvalue weighted by Crippen LogP contribution is 2.28. The topological polar surface area (TPSA) is 71.4 Å². The first-order chi connectivity index (χ1) is 14.4. The number of hydrogen-bond acceptors (Lipinski definition) is 4. The van der Waals surface area contributed by atoms with E-state index in [0.717, 1.165) is 10.4 Å². The molecule has 30 heavy (non-hydrogen) atoms. The molecule has 0 aliphatic carbocycles. The van der Waals surface area contributed by atoms with Gasteiger partial charge in [-0.05, 0) is 35.9 Å². The maximum absolute atomic E-state index is 13.0. The zero-order chi connectivity index (χ0) is 21.1. The lowest BCUT2D eigenvalue weighted by Gasteiger charge is -2.31. The molecule has 158 valence electrons. The lowest BCUT2D eigenvalue weighted by Crippen LogP contribution is -2.43. The molecule has 8 heteroatoms. The van der Waals surface area contributed by atoms with Crippen molar-refractivity contribution in [1.82, 2.24) is 14.2 Å². The van der Waals surface area contributed by atoms with Gasteiger partial charge < -0.3 is 9.88 Å². The SMILES string of the molecule is Cn1ccc(S(=O)(=O)N2CCC(C(=O)N[C@@H](c3ccccc3)c3cccs3)CC2)c1. The predicted octanol–water partition coefficient (Wildman–Crippen LogP) is 3.39. The van der Waals surface area contributed by atoms with E-state index in [9.17, 15) is 13.2 Å². The van der Waals surface area contributed by atoms with Gasteiger partial charge in [0.05, 0.1) is 10.9 Å². The first-order valence-electron chi connectivity index (χ1n) is 9.96. The molecule has 1 N–H and O–H groups in total. The van der Waals surface area contributed by atoms with Crippen LogP contribution in [0, 0.1) is 5.92 Å². The zero-order valence-electron chi connectivity index (χ0n) is 16.8. The summed E-state index contributed by atoms with van der Waals surface area (Å²) < 4.78 is 28.8. The van der Waals surface area contributed by atoms with Gasteiger partial charge in [-0.1, -0.05) is 36.4 Å². The summed E-state index contributed by atoms with van der Waals surface area (Å²) in [7, 11) is -1.71. The van der Waals surface area contributed by atoms with Gasteiger partial charge in [0.1, 0.15) is 0 Å². The van der Waals surface area contributed by atoms with E-state index in [-0.39, 0.29) is 17.9 Å². The average Bonchev–Trinajstić information content (AvgIpc) is 3.45. The van der Waals surface area contributed by atoms with Crippen molar-refractivity contribution in [2.45, 2.75) is 23.8 Å². The smallest absolute Gasteiger partial charge is 0.244 e. The van der Waals surface area contributed by atoms with Crippen molar-refractivity contribution in [3.05, 3.63) is 76.7 Å². The van der Waals surface area contributed by atoms with Crippen molar-refractivity contribution >= 4 is 27.3 Å². The highest BCUT2D eigenvalue weighted by Gasteiger charge is 2.33. The van der Waals surface area contributed by atoms with Crippen molar-refractivity contribution in [2.24, 2.45) is 13.0 Å². The largest absolute Gasteiger partial charge is 0.356 e. The van der Waals surface area contributed by atoms with Gasteiger partial charge in [0.25, 0.3) is 0 Å². The summed E-state index contributed by atoms with van der Waals surface area (Å²) in [5.74, 6) is -0.215. The van der Waals surface area contributed by atoms with Gasteiger partial charge in [0, 0.05) is 43.3 Å². The van der Waals surface area contributed by atoms with Crippen LogP contribution in [0.3, 0.4) is 0 Å². The Balaban J connectivity index is 1.42. The van der Waals surface area contributed by atoms with E-state index in [1.165, 1.54) is 4.31 Å². The van der Waals surface area contributed by atoms with E-state index in [1.807, 2.05) is 47.8 Å². The Kier molecular flexibility index (Phi) is 6.08. The van der Waals surface area contributed by atoms with Crippen molar-refractivity contribution in [3.63, 3.8) is 0 Å². The molecular weight excluding hydrogens is 418 g/mol. The first-order valence-corrected chi connectivity index (χ1v) is 12.3. The van der Waals surface area contributed by atoms with Gasteiger partial charge in [-0.15, -0.1) is 11.3 Å². The second-order valence-corrected chi connectivity index (χ2v) is 10.5. The summed E-state index contributed by atoms with van der Waals surface area (Å²) in [6.07, 6.45) is 4.37. The molecule has 1 aromatic carbocycles. The molecule has 0 radical (unpaired) electrons. The predicted molar refractivity (Wildman–Crippen MR) is 118 cm³/mol. The van der Waals surface area contributed by atoms with Crippen LogP contribution in [0.15, 0.2) is 71.2 Å². The number of carbonyl (C=O) groups is 1. The number of piperidine rings is 1. The Morgan fingerprint density at radius 3 is 2.43 bits per heavy atom. The molecule has 0 bridgehead atoms. The summed E-state index contributed by atoms with van der Waals surface area (Å²) in [5.41, 5.74) is 1.04. The molecule has 1 saturated heterocycles. The third kappa shape index (κ3) is 4.35. The van der Waals surface area contributed by atoms with Gasteiger partial charge in [-0.2, -0.15) is 4.31 Å². The minimum atomic E-state index is -3.51. The van der Waals surface area contributed by atoms with Gasteiger partial charge in [0.15, 0.2) is 0 Å². The Morgan fingerprint density at radius 1 is 1.10 bits per heavy atom. The zero-order valence-corrected chi connectivity index (χ0v) is 18.4. The first kappa shape index (κ1) is 20.8. The van der Waals surface area contributed by atoms with Crippen molar-refractivity contribution in [2.75, 3.05) is 13.1 Å². The van der Waals surface area contributed by atoms with E-state index in [4.69, 9.17) is 0 Å². The monoisotopic (exact) mass is 443 g/mol. The third-order valence-electron chi connectivity index (χ3n) is 5.51. The Hall–Kier alpha value is -2.42. The van der Waals surface area contributed by atoms with Crippen LogP contribution in [-0.2, 0) is 21.9 Å². The molecule has 0 spiro atoms. The van der Waals surface area contributed by atoms with Crippen molar-refractivity contribution in [1.29, 1.82) is 0 Å². The van der Waals surface area contributed by atoms with Crippen LogP contribution in [0.1, 0.15) is 29.3 Å². The number of carbonyl (C=O) groups excluding carboxylic acids is 1. The summed E-state index contributed by atoms with van der Waals surface area (Å²) in [4.78, 5) is 14.4. The van der Waals surface area contributed by atoms with Crippen LogP contribution >= 0.6 is 11.3 Å². The number of hydrogen-bond donors (Lipinski definition) is 1. The summed E-state index contributed by atoms with van der Waals surface area (Å²) in [6, 6.07) is 15.3. The number of aromatic nitrogens is 1. The highest BCUT2D eigenvalue weighted by atomic mass is 32.2. The minimum absolute atomic E-state index is 0.0194. The number of thiophene rings is 1. The molecule has 6 nitrogen and oxygen atoms in total. The maximum atomic E-state index is 13.0. The number of nitrogens with one attached hydrogen (secondary N) is 1. The van der Waals surface area contributed by atoms with Crippen molar-refractivity contribution in [3.8, 4) is 0 Å². The van der Waals surface area contributed by atoms with E-state index in [1.54, 1.807) is 41.4 Å². The number of nitrogens with zero attached hydrogens (tertiary/aromatic N) is 2. The fourth-order valence-corrected chi connectivity index (χ4v) is 6.14. The molecule has 0 unspecified atom stereocenters. The third-order valence-corrected chi connectivity index (χ3v) is 8.33. The van der Waals surface area contributed by atoms with Crippen molar-refractivity contribution < 1.29 is 13.2 Å². The molecule has 1 aliphatic rings. The lowest BCUT2D eigenvalue weighted by molar-refractivity contribution is -0.126. The summed E-state index contributed by atoms with van der Waals surface area (Å²) >= 11 is 1.61. The van der Waals surface area contributed by atoms with E-state index < -0.39 is 10.0 Å². The summed E-state index contributed by atoms with van der Waals surface area (Å²) in [5, 5.41) is 5.20. The van der Waals surface area contributed by atoms with Crippen LogP contribution < -0.4 is 5.32 Å². The Bertz CT molecular complexity index is 1080. The van der Waals surface area contributed by atoms with Gasteiger partial charge in [-0.3, -0.25) is 4.79 Å². The molecule has 4 rings (SSSR count). The van der Waals surface area contributed by atoms with Gasteiger partial charge in [-0.25, -0.2) is 8.42 Å². The van der Waals surface area contributed by atoms with Crippen LogP contribution in [-0.4, -0.2) is 36.3 Å². The van der Waals surface area contributed by atoms with Crippen LogP contribution in [0.25, 0.3) is 0 Å². The molecular formula is C22H25N3O3S2. The maximum Gasteiger partial charge on any atom is 0.244 e. The number of sulfonamides is 1. The second kappa shape index (κ2) is 8.75. The number of rotatable bonds is 6. The Labute approximate surface area is 181 Å². The molecule has 1 aliphatic heterocycles. The van der Waals surface area contributed by atoms with Gasteiger partial charge >= 0.3 is 0 Å². The van der Waals surface area contributed by atoms with Crippen LogP contribution in [0.2, 0.25) is 0 Å². The quantitative estimate of drug-likeness (QED) is 0.635. The highest BCUT2D eigenvalue weighted by molar-refractivity contribution is 7.89. The molecule has 2 aromatic heterocycles. The van der Waals surface area contributed by atoms with Gasteiger partial charge in [0.2, 0.25) is 15.9 Å². The molecule has 1 amide bonds. The van der Waals surface area contributed by atoms with E-state index in [2.05, 4.69) is 5.32 Å². The summed E-state index contributed by atoms with van der Waals surface area (Å²) in [6.45, 7) is 0.703. The fourth-order valence-electron chi connectivity index (χ4n) is 3.82. The molecule has 3 heterocycles. The number of amides is 1. The molecule has 0 saturated carbocycles. The van der Waals surface area contributed by atoms with E-state index in [0.29, 0.717) is 30.8 Å². The number of aryl methyl sites for hydroxylation is 1.